The van der Waals surface area contributed by atoms with Crippen molar-refractivity contribution in [2.75, 3.05) is 13.2 Å². The number of allylic oxidation sites excluding steroid dienone is 24. The Labute approximate surface area is 368 Å². The molecule has 0 aliphatic carbocycles. The minimum Gasteiger partial charge on any atom is -0.462 e. The van der Waals surface area contributed by atoms with Gasteiger partial charge in [-0.1, -0.05) is 185 Å². The monoisotopic (exact) mass is 825 g/mol. The molecule has 0 fully saturated rings. The van der Waals surface area contributed by atoms with Gasteiger partial charge in [0.25, 0.3) is 0 Å². The van der Waals surface area contributed by atoms with Crippen LogP contribution >= 0.6 is 0 Å². The lowest BCUT2D eigenvalue weighted by molar-refractivity contribution is -0.161. The first-order chi connectivity index (χ1) is 29.6. The molecule has 0 saturated carbocycles. The maximum Gasteiger partial charge on any atom is 0.306 e. The number of aliphatic hydroxyl groups excluding tert-OH is 1. The zero-order valence-electron chi connectivity index (χ0n) is 37.9. The Morgan fingerprint density at radius 3 is 1.12 bits per heavy atom. The fourth-order valence-electron chi connectivity index (χ4n) is 5.62. The molecule has 334 valence electrons. The first-order valence-corrected chi connectivity index (χ1v) is 23.4. The molecule has 0 heterocycles. The van der Waals surface area contributed by atoms with Gasteiger partial charge >= 0.3 is 11.9 Å². The Morgan fingerprint density at radius 1 is 0.400 bits per heavy atom. The van der Waals surface area contributed by atoms with Crippen molar-refractivity contribution >= 4 is 11.9 Å². The van der Waals surface area contributed by atoms with Crippen LogP contribution in [-0.4, -0.2) is 36.4 Å². The van der Waals surface area contributed by atoms with Gasteiger partial charge < -0.3 is 14.6 Å². The summed E-state index contributed by atoms with van der Waals surface area (Å²) in [6.45, 7) is 3.88. The number of hydrogen-bond acceptors (Lipinski definition) is 5. The smallest absolute Gasteiger partial charge is 0.306 e. The number of esters is 2. The summed E-state index contributed by atoms with van der Waals surface area (Å²) < 4.78 is 10.6. The molecule has 0 aromatic heterocycles. The summed E-state index contributed by atoms with van der Waals surface area (Å²) in [7, 11) is 0. The summed E-state index contributed by atoms with van der Waals surface area (Å²) in [5.74, 6) is -0.675. The van der Waals surface area contributed by atoms with Crippen LogP contribution in [0.15, 0.2) is 146 Å². The van der Waals surface area contributed by atoms with Crippen molar-refractivity contribution in [3.8, 4) is 0 Å². The number of rotatable bonds is 40. The molecule has 1 atom stereocenters. The van der Waals surface area contributed by atoms with E-state index in [0.717, 1.165) is 122 Å². The molecule has 0 aliphatic rings. The van der Waals surface area contributed by atoms with E-state index in [4.69, 9.17) is 9.47 Å². The predicted octanol–water partition coefficient (Wildman–Crippen LogP) is 15.5. The average molecular weight is 825 g/mol. The van der Waals surface area contributed by atoms with Crippen molar-refractivity contribution in [1.82, 2.24) is 0 Å². The maximum atomic E-state index is 12.2. The first-order valence-electron chi connectivity index (χ1n) is 23.4. The number of hydrogen-bond donors (Lipinski definition) is 1. The molecule has 1 unspecified atom stereocenters. The van der Waals surface area contributed by atoms with E-state index < -0.39 is 6.10 Å². The lowest BCUT2D eigenvalue weighted by Gasteiger charge is -2.15. The van der Waals surface area contributed by atoms with Gasteiger partial charge in [0, 0.05) is 12.8 Å². The molecule has 0 aliphatic heterocycles. The van der Waals surface area contributed by atoms with Crippen LogP contribution in [-0.2, 0) is 19.1 Å². The number of ether oxygens (including phenoxy) is 2. The highest BCUT2D eigenvalue weighted by atomic mass is 16.6. The molecule has 0 aromatic rings. The van der Waals surface area contributed by atoms with E-state index in [1.165, 1.54) is 12.8 Å². The Hall–Kier alpha value is -4.22. The summed E-state index contributed by atoms with van der Waals surface area (Å²) >= 11 is 0. The third-order valence-electron chi connectivity index (χ3n) is 9.10. The van der Waals surface area contributed by atoms with Crippen LogP contribution in [0, 0.1) is 0 Å². The summed E-state index contributed by atoms with van der Waals surface area (Å²) in [5, 5.41) is 9.58. The van der Waals surface area contributed by atoms with Crippen LogP contribution in [0.2, 0.25) is 0 Å². The van der Waals surface area contributed by atoms with Gasteiger partial charge in [0.15, 0.2) is 6.10 Å². The van der Waals surface area contributed by atoms with E-state index in [1.54, 1.807) is 0 Å². The molecule has 60 heavy (non-hydrogen) atoms. The molecule has 0 bridgehead atoms. The van der Waals surface area contributed by atoms with Gasteiger partial charge in [0.1, 0.15) is 6.61 Å². The summed E-state index contributed by atoms with van der Waals surface area (Å²) in [6.07, 6.45) is 75.0. The highest BCUT2D eigenvalue weighted by Crippen LogP contribution is 2.10. The Kier molecular flexibility index (Phi) is 45.7. The summed E-state index contributed by atoms with van der Waals surface area (Å²) in [4.78, 5) is 24.3. The zero-order valence-corrected chi connectivity index (χ0v) is 37.9. The number of unbranched alkanes of at least 4 members (excludes halogenated alkanes) is 8. The molecule has 5 heteroatoms. The first kappa shape index (κ1) is 55.8. The lowest BCUT2D eigenvalue weighted by Crippen LogP contribution is -2.28. The van der Waals surface area contributed by atoms with Gasteiger partial charge in [0.2, 0.25) is 0 Å². The van der Waals surface area contributed by atoms with Crippen LogP contribution in [0.25, 0.3) is 0 Å². The largest absolute Gasteiger partial charge is 0.462 e. The standard InChI is InChI=1S/C55H84O5/c1-3-5-7-9-11-13-15-17-18-19-20-21-22-23-24-25-26-27-28-29-30-31-32-33-34-35-36-38-40-42-44-46-48-50-55(58)60-53(51-56)52-59-54(57)49-47-45-43-41-39-37-16-14-12-10-8-6-4-2/h5,7-8,10-11,13-14,16-18,20-21,23-24,26-27,29-30,32-33,35-36,40,42,53,56H,3-4,6,9,12,15,19,22,25,28,31,34,37-39,41,43-52H2,1-2H3/b7-5-,10-8-,13-11-,16-14-,18-17-,21-20-,24-23-,27-26-,30-29-,33-32-,36-35-,42-40-. The van der Waals surface area contributed by atoms with E-state index >= 15 is 0 Å². The Morgan fingerprint density at radius 2 is 0.717 bits per heavy atom. The number of carbonyl (C=O) groups excluding carboxylic acids is 2. The molecular weight excluding hydrogens is 741 g/mol. The van der Waals surface area contributed by atoms with Crippen LogP contribution in [0.1, 0.15) is 168 Å². The van der Waals surface area contributed by atoms with Gasteiger partial charge in [-0.25, -0.2) is 0 Å². The SMILES string of the molecule is CC/C=C\C/C=C\C/C=C\C/C=C\C/C=C\C/C=C\C/C=C\C/C=C\C/C=C\C/C=C\CCCCC(=O)OC(CO)COC(=O)CCCCCCC/C=C\C/C=C\CCC. The van der Waals surface area contributed by atoms with Crippen LogP contribution in [0.4, 0.5) is 0 Å². The van der Waals surface area contributed by atoms with Gasteiger partial charge in [-0.05, 0) is 116 Å². The Balaban J connectivity index is 3.74. The van der Waals surface area contributed by atoms with E-state index in [-0.39, 0.29) is 31.6 Å². The average Bonchev–Trinajstić information content (AvgIpc) is 3.25. The third kappa shape index (κ3) is 46.5. The molecule has 0 spiro atoms. The van der Waals surface area contributed by atoms with Crippen molar-refractivity contribution < 1.29 is 24.2 Å². The van der Waals surface area contributed by atoms with Crippen molar-refractivity contribution in [2.24, 2.45) is 0 Å². The van der Waals surface area contributed by atoms with Crippen LogP contribution in [0.5, 0.6) is 0 Å². The molecular formula is C55H84O5. The Bertz CT molecular complexity index is 1350. The van der Waals surface area contributed by atoms with Crippen molar-refractivity contribution in [3.05, 3.63) is 146 Å². The normalized spacial score (nSPS) is 13.6. The van der Waals surface area contributed by atoms with Crippen LogP contribution in [0.3, 0.4) is 0 Å². The van der Waals surface area contributed by atoms with Gasteiger partial charge in [-0.2, -0.15) is 0 Å². The lowest BCUT2D eigenvalue weighted by atomic mass is 10.1. The maximum absolute atomic E-state index is 12.2. The van der Waals surface area contributed by atoms with Gasteiger partial charge in [-0.15, -0.1) is 0 Å². The minimum absolute atomic E-state index is 0.101. The van der Waals surface area contributed by atoms with Crippen molar-refractivity contribution in [3.63, 3.8) is 0 Å². The second-order valence-corrected chi connectivity index (χ2v) is 14.7. The fourth-order valence-corrected chi connectivity index (χ4v) is 5.62. The minimum atomic E-state index is -0.811. The van der Waals surface area contributed by atoms with Gasteiger partial charge in [0.05, 0.1) is 6.61 Å². The molecule has 0 aromatic carbocycles. The predicted molar refractivity (Wildman–Crippen MR) is 260 cm³/mol. The molecule has 0 amide bonds. The summed E-state index contributed by atoms with van der Waals surface area (Å²) in [5.41, 5.74) is 0. The topological polar surface area (TPSA) is 72.8 Å². The molecule has 1 N–H and O–H groups in total. The molecule has 0 radical (unpaired) electrons. The van der Waals surface area contributed by atoms with Crippen LogP contribution < -0.4 is 0 Å². The molecule has 0 rings (SSSR count). The highest BCUT2D eigenvalue weighted by Gasteiger charge is 2.16. The van der Waals surface area contributed by atoms with Crippen molar-refractivity contribution in [1.29, 1.82) is 0 Å². The number of aliphatic hydroxyl groups is 1. The van der Waals surface area contributed by atoms with E-state index in [0.29, 0.717) is 12.8 Å². The second kappa shape index (κ2) is 49.1. The van der Waals surface area contributed by atoms with E-state index in [2.05, 4.69) is 160 Å². The summed E-state index contributed by atoms with van der Waals surface area (Å²) in [6, 6.07) is 0. The molecule has 5 nitrogen and oxygen atoms in total. The number of carbonyl (C=O) groups is 2. The molecule has 0 saturated heterocycles. The van der Waals surface area contributed by atoms with E-state index in [1.807, 2.05) is 0 Å². The van der Waals surface area contributed by atoms with E-state index in [9.17, 15) is 14.7 Å². The van der Waals surface area contributed by atoms with Gasteiger partial charge in [-0.3, -0.25) is 9.59 Å². The quantitative estimate of drug-likeness (QED) is 0.0378. The fraction of sp³-hybridized carbons (Fsp3) is 0.527. The third-order valence-corrected chi connectivity index (χ3v) is 9.10. The highest BCUT2D eigenvalue weighted by molar-refractivity contribution is 5.70. The second-order valence-electron chi connectivity index (χ2n) is 14.7. The zero-order chi connectivity index (χ0) is 43.5. The van der Waals surface area contributed by atoms with Crippen molar-refractivity contribution in [2.45, 2.75) is 174 Å².